The van der Waals surface area contributed by atoms with Gasteiger partial charge in [-0.1, -0.05) is 12.1 Å². The Hall–Kier alpha value is -1.07. The van der Waals surface area contributed by atoms with Crippen LogP contribution in [0.1, 0.15) is 5.56 Å². The topological polar surface area (TPSA) is 32.3 Å². The lowest BCUT2D eigenvalue weighted by atomic mass is 10.2. The Balaban J connectivity index is 2.14. The number of hydrogen-bond donors (Lipinski definition) is 2. The van der Waals surface area contributed by atoms with Gasteiger partial charge in [0.25, 0.3) is 0 Å². The van der Waals surface area contributed by atoms with Gasteiger partial charge in [-0.05, 0) is 61.7 Å². The minimum absolute atomic E-state index is 0.333. The molecule has 0 aliphatic carbocycles. The first-order valence-electron chi connectivity index (χ1n) is 5.23. The molecule has 2 aromatic rings. The molecule has 0 saturated heterocycles. The van der Waals surface area contributed by atoms with E-state index in [1.807, 2.05) is 18.2 Å². The SMILES string of the molecule is Oc1ccc(CNc2c(Br)cccc2Br)cc1F. The number of para-hydroxylation sites is 1. The monoisotopic (exact) mass is 373 g/mol. The van der Waals surface area contributed by atoms with Crippen LogP contribution >= 0.6 is 31.9 Å². The van der Waals surface area contributed by atoms with Gasteiger partial charge in [-0.15, -0.1) is 0 Å². The highest BCUT2D eigenvalue weighted by Gasteiger charge is 2.05. The fourth-order valence-corrected chi connectivity index (χ4v) is 2.80. The normalized spacial score (nSPS) is 10.4. The van der Waals surface area contributed by atoms with Crippen molar-refractivity contribution in [3.8, 4) is 5.75 Å². The third kappa shape index (κ3) is 3.03. The summed E-state index contributed by atoms with van der Waals surface area (Å²) >= 11 is 6.88. The molecule has 0 amide bonds. The molecule has 0 bridgehead atoms. The van der Waals surface area contributed by atoms with E-state index in [-0.39, 0.29) is 5.75 Å². The van der Waals surface area contributed by atoms with Crippen LogP contribution in [0.2, 0.25) is 0 Å². The second kappa shape index (κ2) is 5.71. The molecule has 0 aromatic heterocycles. The van der Waals surface area contributed by atoms with Crippen LogP contribution in [-0.4, -0.2) is 5.11 Å². The molecule has 0 radical (unpaired) electrons. The van der Waals surface area contributed by atoms with Crippen molar-refractivity contribution in [2.24, 2.45) is 0 Å². The molecule has 0 aliphatic heterocycles. The van der Waals surface area contributed by atoms with Crippen molar-refractivity contribution < 1.29 is 9.50 Å². The van der Waals surface area contributed by atoms with Crippen molar-refractivity contribution in [3.05, 3.63) is 56.7 Å². The van der Waals surface area contributed by atoms with Crippen molar-refractivity contribution in [2.45, 2.75) is 6.54 Å². The summed E-state index contributed by atoms with van der Waals surface area (Å²) in [6, 6.07) is 10.1. The molecule has 0 fully saturated rings. The summed E-state index contributed by atoms with van der Waals surface area (Å²) in [5, 5.41) is 12.3. The zero-order valence-corrected chi connectivity index (χ0v) is 12.4. The predicted molar refractivity (Wildman–Crippen MR) is 77.2 cm³/mol. The summed E-state index contributed by atoms with van der Waals surface area (Å²) in [4.78, 5) is 0. The summed E-state index contributed by atoms with van der Waals surface area (Å²) in [7, 11) is 0. The highest BCUT2D eigenvalue weighted by atomic mass is 79.9. The van der Waals surface area contributed by atoms with Crippen molar-refractivity contribution in [1.29, 1.82) is 0 Å². The maximum Gasteiger partial charge on any atom is 0.165 e. The second-order valence-electron chi connectivity index (χ2n) is 3.74. The van der Waals surface area contributed by atoms with Crippen LogP contribution in [0.25, 0.3) is 0 Å². The van der Waals surface area contributed by atoms with E-state index in [0.717, 1.165) is 20.2 Å². The van der Waals surface area contributed by atoms with E-state index in [1.165, 1.54) is 12.1 Å². The van der Waals surface area contributed by atoms with Crippen LogP contribution in [-0.2, 0) is 6.54 Å². The molecule has 0 saturated carbocycles. The molecule has 0 spiro atoms. The van der Waals surface area contributed by atoms with Gasteiger partial charge in [0.2, 0.25) is 0 Å². The molecule has 0 heterocycles. The number of rotatable bonds is 3. The summed E-state index contributed by atoms with van der Waals surface area (Å²) in [5.74, 6) is -0.943. The second-order valence-corrected chi connectivity index (χ2v) is 5.44. The van der Waals surface area contributed by atoms with Crippen molar-refractivity contribution in [2.75, 3.05) is 5.32 Å². The molecule has 2 N–H and O–H groups in total. The number of halogens is 3. The molecule has 0 aliphatic rings. The minimum Gasteiger partial charge on any atom is -0.505 e. The lowest BCUT2D eigenvalue weighted by Crippen LogP contribution is -2.01. The number of phenolic OH excluding ortho intramolecular Hbond substituents is 1. The predicted octanol–water partition coefficient (Wildman–Crippen LogP) is 4.67. The number of benzene rings is 2. The molecule has 94 valence electrons. The van der Waals surface area contributed by atoms with Crippen LogP contribution < -0.4 is 5.32 Å². The summed E-state index contributed by atoms with van der Waals surface area (Å²) in [6.07, 6.45) is 0. The van der Waals surface area contributed by atoms with E-state index >= 15 is 0 Å². The van der Waals surface area contributed by atoms with E-state index < -0.39 is 5.82 Å². The number of aromatic hydroxyl groups is 1. The average Bonchev–Trinajstić information content (AvgIpc) is 2.33. The Morgan fingerprint density at radius 1 is 1.11 bits per heavy atom. The van der Waals surface area contributed by atoms with E-state index in [0.29, 0.717) is 6.54 Å². The van der Waals surface area contributed by atoms with E-state index in [1.54, 1.807) is 6.07 Å². The Kier molecular flexibility index (Phi) is 4.24. The fraction of sp³-hybridized carbons (Fsp3) is 0.0769. The summed E-state index contributed by atoms with van der Waals surface area (Å²) in [6.45, 7) is 0.471. The third-order valence-electron chi connectivity index (χ3n) is 2.44. The quantitative estimate of drug-likeness (QED) is 0.818. The van der Waals surface area contributed by atoms with Crippen molar-refractivity contribution >= 4 is 37.5 Å². The number of phenols is 1. The molecule has 18 heavy (non-hydrogen) atoms. The Bertz CT molecular complexity index is 555. The van der Waals surface area contributed by atoms with Gasteiger partial charge in [0.05, 0.1) is 5.69 Å². The molecular weight excluding hydrogens is 365 g/mol. The lowest BCUT2D eigenvalue weighted by molar-refractivity contribution is 0.432. The molecule has 5 heteroatoms. The Morgan fingerprint density at radius 2 is 1.78 bits per heavy atom. The van der Waals surface area contributed by atoms with Crippen LogP contribution in [0.4, 0.5) is 10.1 Å². The number of hydrogen-bond acceptors (Lipinski definition) is 2. The van der Waals surface area contributed by atoms with E-state index in [9.17, 15) is 4.39 Å². The van der Waals surface area contributed by atoms with Crippen LogP contribution in [0.15, 0.2) is 45.3 Å². The van der Waals surface area contributed by atoms with Gasteiger partial charge in [0, 0.05) is 15.5 Å². The molecule has 0 unspecified atom stereocenters. The zero-order chi connectivity index (χ0) is 13.1. The van der Waals surface area contributed by atoms with Crippen LogP contribution in [0.5, 0.6) is 5.75 Å². The van der Waals surface area contributed by atoms with Gasteiger partial charge >= 0.3 is 0 Å². The van der Waals surface area contributed by atoms with E-state index in [2.05, 4.69) is 37.2 Å². The van der Waals surface area contributed by atoms with Gasteiger partial charge in [-0.25, -0.2) is 4.39 Å². The lowest BCUT2D eigenvalue weighted by Gasteiger charge is -2.11. The number of anilines is 1. The maximum absolute atomic E-state index is 13.2. The molecule has 2 rings (SSSR count). The molecule has 2 aromatic carbocycles. The number of nitrogens with one attached hydrogen (secondary N) is 1. The van der Waals surface area contributed by atoms with Crippen LogP contribution in [0, 0.1) is 5.82 Å². The van der Waals surface area contributed by atoms with Gasteiger partial charge in [0.15, 0.2) is 11.6 Å². The average molecular weight is 375 g/mol. The first-order valence-corrected chi connectivity index (χ1v) is 6.82. The van der Waals surface area contributed by atoms with E-state index in [4.69, 9.17) is 5.11 Å². The van der Waals surface area contributed by atoms with Gasteiger partial charge in [0.1, 0.15) is 0 Å². The first kappa shape index (κ1) is 13.4. The summed E-state index contributed by atoms with van der Waals surface area (Å²) in [5.41, 5.74) is 1.67. The Morgan fingerprint density at radius 3 is 2.39 bits per heavy atom. The zero-order valence-electron chi connectivity index (χ0n) is 9.25. The third-order valence-corrected chi connectivity index (χ3v) is 3.77. The fourth-order valence-electron chi connectivity index (χ4n) is 1.52. The van der Waals surface area contributed by atoms with Gasteiger partial charge < -0.3 is 10.4 Å². The van der Waals surface area contributed by atoms with Gasteiger partial charge in [-0.3, -0.25) is 0 Å². The largest absolute Gasteiger partial charge is 0.505 e. The molecular formula is C13H10Br2FNO. The first-order chi connectivity index (χ1) is 8.58. The maximum atomic E-state index is 13.2. The van der Waals surface area contributed by atoms with Crippen LogP contribution in [0.3, 0.4) is 0 Å². The standard InChI is InChI=1S/C13H10Br2FNO/c14-9-2-1-3-10(15)13(9)17-7-8-4-5-12(18)11(16)6-8/h1-6,17-18H,7H2. The molecule has 2 nitrogen and oxygen atoms in total. The minimum atomic E-state index is -0.611. The van der Waals surface area contributed by atoms with Crippen molar-refractivity contribution in [3.63, 3.8) is 0 Å². The Labute approximate surface area is 121 Å². The smallest absolute Gasteiger partial charge is 0.165 e. The molecule has 0 atom stereocenters. The summed E-state index contributed by atoms with van der Waals surface area (Å²) < 4.78 is 15.0. The van der Waals surface area contributed by atoms with Gasteiger partial charge in [-0.2, -0.15) is 0 Å². The highest BCUT2D eigenvalue weighted by molar-refractivity contribution is 9.11. The van der Waals surface area contributed by atoms with Crippen molar-refractivity contribution in [1.82, 2.24) is 0 Å². The highest BCUT2D eigenvalue weighted by Crippen LogP contribution is 2.31.